The highest BCUT2D eigenvalue weighted by Crippen LogP contribution is 2.12. The summed E-state index contributed by atoms with van der Waals surface area (Å²) in [4.78, 5) is 16.6. The molecule has 2 rings (SSSR count). The van der Waals surface area contributed by atoms with Crippen LogP contribution in [0.3, 0.4) is 0 Å². The average molecular weight is 237 g/mol. The van der Waals surface area contributed by atoms with E-state index in [4.69, 9.17) is 9.57 Å². The van der Waals surface area contributed by atoms with E-state index in [0.29, 0.717) is 5.75 Å². The summed E-state index contributed by atoms with van der Waals surface area (Å²) in [6, 6.07) is 7.44. The lowest BCUT2D eigenvalue weighted by molar-refractivity contribution is -0.170. The van der Waals surface area contributed by atoms with E-state index in [1.165, 1.54) is 0 Å². The molecule has 92 valence electrons. The first-order chi connectivity index (χ1) is 8.15. The highest BCUT2D eigenvalue weighted by Gasteiger charge is 2.26. The molecule has 1 atom stereocenters. The van der Waals surface area contributed by atoms with Crippen molar-refractivity contribution >= 4 is 5.91 Å². The number of hydrogen-bond acceptors (Lipinski definition) is 4. The standard InChI is InChI=1S/C12H15NO4/c1-9-2-4-11(5-3-9)16-8-12(15)13-6-10(14)7-17-13/h2-5,10,14H,6-8H2,1H3. The quantitative estimate of drug-likeness (QED) is 0.832. The van der Waals surface area contributed by atoms with Gasteiger partial charge in [-0.2, -0.15) is 0 Å². The van der Waals surface area contributed by atoms with Gasteiger partial charge in [0.1, 0.15) is 18.5 Å². The van der Waals surface area contributed by atoms with Crippen molar-refractivity contribution in [2.75, 3.05) is 19.8 Å². The maximum atomic E-state index is 11.6. The summed E-state index contributed by atoms with van der Waals surface area (Å²) in [5.74, 6) is 0.353. The number of carbonyl (C=O) groups excluding carboxylic acids is 1. The summed E-state index contributed by atoms with van der Waals surface area (Å²) in [5.41, 5.74) is 1.13. The van der Waals surface area contributed by atoms with Crippen LogP contribution in [0.2, 0.25) is 0 Å². The maximum Gasteiger partial charge on any atom is 0.284 e. The van der Waals surface area contributed by atoms with Crippen LogP contribution in [-0.4, -0.2) is 41.9 Å². The summed E-state index contributed by atoms with van der Waals surface area (Å²) < 4.78 is 5.32. The van der Waals surface area contributed by atoms with Gasteiger partial charge in [0.25, 0.3) is 5.91 Å². The van der Waals surface area contributed by atoms with Gasteiger partial charge in [-0.15, -0.1) is 0 Å². The first-order valence-electron chi connectivity index (χ1n) is 5.46. The zero-order chi connectivity index (χ0) is 12.3. The number of nitrogens with zero attached hydrogens (tertiary/aromatic N) is 1. The Morgan fingerprint density at radius 1 is 1.53 bits per heavy atom. The lowest BCUT2D eigenvalue weighted by Crippen LogP contribution is -2.32. The van der Waals surface area contributed by atoms with Crippen LogP contribution in [-0.2, 0) is 9.63 Å². The van der Waals surface area contributed by atoms with E-state index in [1.54, 1.807) is 0 Å². The van der Waals surface area contributed by atoms with Crippen LogP contribution in [0.4, 0.5) is 0 Å². The van der Waals surface area contributed by atoms with Gasteiger partial charge in [-0.1, -0.05) is 17.7 Å². The molecular weight excluding hydrogens is 222 g/mol. The Morgan fingerprint density at radius 3 is 2.82 bits per heavy atom. The minimum atomic E-state index is -0.599. The van der Waals surface area contributed by atoms with E-state index in [2.05, 4.69) is 0 Å². The average Bonchev–Trinajstić information content (AvgIpc) is 2.75. The predicted octanol–water partition coefficient (Wildman–Crippen LogP) is 0.509. The number of hydroxylamine groups is 2. The minimum absolute atomic E-state index is 0.0875. The lowest BCUT2D eigenvalue weighted by atomic mass is 10.2. The number of hydrogen-bond donors (Lipinski definition) is 1. The van der Waals surface area contributed by atoms with Gasteiger partial charge < -0.3 is 9.84 Å². The fourth-order valence-corrected chi connectivity index (χ4v) is 1.50. The van der Waals surface area contributed by atoms with Gasteiger partial charge in [0, 0.05) is 0 Å². The zero-order valence-corrected chi connectivity index (χ0v) is 9.63. The fourth-order valence-electron chi connectivity index (χ4n) is 1.50. The predicted molar refractivity (Wildman–Crippen MR) is 60.3 cm³/mol. The van der Waals surface area contributed by atoms with Crippen LogP contribution < -0.4 is 4.74 Å². The molecule has 0 aromatic heterocycles. The summed E-state index contributed by atoms with van der Waals surface area (Å²) in [5, 5.41) is 10.3. The zero-order valence-electron chi connectivity index (χ0n) is 9.63. The number of benzene rings is 1. The van der Waals surface area contributed by atoms with Crippen molar-refractivity contribution in [2.24, 2.45) is 0 Å². The molecule has 0 bridgehead atoms. The van der Waals surface area contributed by atoms with Crippen molar-refractivity contribution in [1.29, 1.82) is 0 Å². The number of aliphatic hydroxyl groups excluding tert-OH is 1. The van der Waals surface area contributed by atoms with E-state index in [9.17, 15) is 9.90 Å². The number of ether oxygens (including phenoxy) is 1. The first-order valence-corrected chi connectivity index (χ1v) is 5.46. The third-order valence-corrected chi connectivity index (χ3v) is 2.46. The molecule has 17 heavy (non-hydrogen) atoms. The molecule has 1 N–H and O–H groups in total. The molecule has 1 amide bonds. The summed E-state index contributed by atoms with van der Waals surface area (Å²) in [7, 11) is 0. The van der Waals surface area contributed by atoms with Crippen molar-refractivity contribution in [3.05, 3.63) is 29.8 Å². The van der Waals surface area contributed by atoms with Gasteiger partial charge in [-0.05, 0) is 19.1 Å². The first kappa shape index (κ1) is 11.9. The number of carbonyl (C=O) groups is 1. The molecule has 5 nitrogen and oxygen atoms in total. The monoisotopic (exact) mass is 237 g/mol. The minimum Gasteiger partial charge on any atom is -0.484 e. The molecule has 1 aromatic rings. The van der Waals surface area contributed by atoms with E-state index in [0.717, 1.165) is 10.6 Å². The summed E-state index contributed by atoms with van der Waals surface area (Å²) in [6.07, 6.45) is -0.599. The molecule has 0 spiro atoms. The van der Waals surface area contributed by atoms with E-state index in [1.807, 2.05) is 31.2 Å². The SMILES string of the molecule is Cc1ccc(OCC(=O)N2CC(O)CO2)cc1. The molecule has 1 heterocycles. The Morgan fingerprint density at radius 2 is 2.24 bits per heavy atom. The molecule has 0 saturated carbocycles. The third kappa shape index (κ3) is 3.18. The van der Waals surface area contributed by atoms with E-state index < -0.39 is 6.10 Å². The molecule has 0 radical (unpaired) electrons. The van der Waals surface area contributed by atoms with Crippen LogP contribution in [0.25, 0.3) is 0 Å². The molecule has 1 saturated heterocycles. The second-order valence-corrected chi connectivity index (χ2v) is 4.01. The van der Waals surface area contributed by atoms with Crippen molar-refractivity contribution in [1.82, 2.24) is 5.06 Å². The van der Waals surface area contributed by atoms with Crippen LogP contribution in [0, 0.1) is 6.92 Å². The van der Waals surface area contributed by atoms with Crippen LogP contribution >= 0.6 is 0 Å². The molecule has 1 aromatic carbocycles. The summed E-state index contributed by atoms with van der Waals surface area (Å²) in [6.45, 7) is 2.26. The van der Waals surface area contributed by atoms with Crippen LogP contribution in [0.5, 0.6) is 5.75 Å². The molecule has 1 unspecified atom stereocenters. The number of amides is 1. The Labute approximate surface area is 99.5 Å². The Balaban J connectivity index is 1.82. The van der Waals surface area contributed by atoms with Crippen LogP contribution in [0.1, 0.15) is 5.56 Å². The van der Waals surface area contributed by atoms with Gasteiger partial charge in [-0.25, -0.2) is 5.06 Å². The van der Waals surface area contributed by atoms with Gasteiger partial charge in [0.2, 0.25) is 0 Å². The van der Waals surface area contributed by atoms with Gasteiger partial charge in [-0.3, -0.25) is 9.63 Å². The fraction of sp³-hybridized carbons (Fsp3) is 0.417. The molecule has 5 heteroatoms. The normalized spacial score (nSPS) is 19.4. The number of β-amino-alcohol motifs (C(OH)–C–C–N with tert-alkyl or cyclic N) is 1. The second-order valence-electron chi connectivity index (χ2n) is 4.01. The maximum absolute atomic E-state index is 11.6. The molecule has 1 aliphatic rings. The third-order valence-electron chi connectivity index (χ3n) is 2.46. The molecule has 0 aliphatic carbocycles. The van der Waals surface area contributed by atoms with Crippen LogP contribution in [0.15, 0.2) is 24.3 Å². The number of aliphatic hydroxyl groups is 1. The summed E-state index contributed by atoms with van der Waals surface area (Å²) >= 11 is 0. The Hall–Kier alpha value is -1.59. The van der Waals surface area contributed by atoms with E-state index in [-0.39, 0.29) is 25.7 Å². The largest absolute Gasteiger partial charge is 0.484 e. The topological polar surface area (TPSA) is 59.0 Å². The Kier molecular flexibility index (Phi) is 3.61. The van der Waals surface area contributed by atoms with Crippen molar-refractivity contribution in [2.45, 2.75) is 13.0 Å². The smallest absolute Gasteiger partial charge is 0.284 e. The van der Waals surface area contributed by atoms with Gasteiger partial charge >= 0.3 is 0 Å². The molecular formula is C12H15NO4. The van der Waals surface area contributed by atoms with Gasteiger partial charge in [0.15, 0.2) is 6.61 Å². The van der Waals surface area contributed by atoms with Crippen molar-refractivity contribution in [3.63, 3.8) is 0 Å². The lowest BCUT2D eigenvalue weighted by Gasteiger charge is -2.14. The molecule has 1 aliphatic heterocycles. The highest BCUT2D eigenvalue weighted by atomic mass is 16.7. The number of aryl methyl sites for hydroxylation is 1. The van der Waals surface area contributed by atoms with E-state index >= 15 is 0 Å². The second kappa shape index (κ2) is 5.16. The van der Waals surface area contributed by atoms with Crippen molar-refractivity contribution in [3.8, 4) is 5.75 Å². The van der Waals surface area contributed by atoms with Gasteiger partial charge in [0.05, 0.1) is 6.54 Å². The molecule has 1 fully saturated rings. The highest BCUT2D eigenvalue weighted by molar-refractivity contribution is 5.76. The Bertz CT molecular complexity index is 390. The number of rotatable bonds is 3. The van der Waals surface area contributed by atoms with Crippen molar-refractivity contribution < 1.29 is 19.5 Å².